The summed E-state index contributed by atoms with van der Waals surface area (Å²) in [5, 5.41) is 0. The summed E-state index contributed by atoms with van der Waals surface area (Å²) >= 11 is 0. The van der Waals surface area contributed by atoms with Gasteiger partial charge >= 0.3 is 6.09 Å². The molecule has 6 nitrogen and oxygen atoms in total. The zero-order valence-corrected chi connectivity index (χ0v) is 13.3. The van der Waals surface area contributed by atoms with E-state index in [4.69, 9.17) is 8.92 Å². The number of piperidine rings is 1. The van der Waals surface area contributed by atoms with E-state index in [0.29, 0.717) is 12.8 Å². The molecule has 0 aromatic heterocycles. The van der Waals surface area contributed by atoms with Gasteiger partial charge in [-0.05, 0) is 52.9 Å². The molecule has 20 heavy (non-hydrogen) atoms. The number of fused-ring (bicyclic) bond motifs is 2. The van der Waals surface area contributed by atoms with E-state index in [0.717, 1.165) is 25.5 Å². The Balaban J connectivity index is 2.27. The summed E-state index contributed by atoms with van der Waals surface area (Å²) in [5.41, 5.74) is -1.65. The van der Waals surface area contributed by atoms with Crippen LogP contribution in [0.2, 0.25) is 0 Å². The lowest BCUT2D eigenvalue weighted by atomic mass is 10.0. The first-order valence-corrected chi connectivity index (χ1v) is 8.77. The molecule has 2 bridgehead atoms. The molecule has 116 valence electrons. The van der Waals surface area contributed by atoms with Crippen LogP contribution in [0.1, 0.15) is 52.9 Å². The fourth-order valence-electron chi connectivity index (χ4n) is 3.14. The Hall–Kier alpha value is -0.820. The maximum absolute atomic E-state index is 12.4. The predicted molar refractivity (Wildman–Crippen MR) is 73.6 cm³/mol. The fraction of sp³-hybridized carbons (Fsp3) is 0.923. The molecule has 1 amide bonds. The quantitative estimate of drug-likeness (QED) is 0.732. The number of carbonyl (C=O) groups excluding carboxylic acids is 1. The normalized spacial score (nSPS) is 30.4. The molecule has 0 N–H and O–H groups in total. The van der Waals surface area contributed by atoms with Gasteiger partial charge in [-0.2, -0.15) is 8.42 Å². The van der Waals surface area contributed by atoms with Gasteiger partial charge in [0.25, 0.3) is 10.1 Å². The molecule has 7 heteroatoms. The Morgan fingerprint density at radius 1 is 1.25 bits per heavy atom. The maximum atomic E-state index is 12.4. The number of rotatable bonds is 2. The Labute approximate surface area is 120 Å². The second-order valence-corrected chi connectivity index (χ2v) is 8.24. The van der Waals surface area contributed by atoms with Gasteiger partial charge in [0.15, 0.2) is 5.72 Å². The van der Waals surface area contributed by atoms with Crippen molar-refractivity contribution in [1.82, 2.24) is 4.90 Å². The highest BCUT2D eigenvalue weighted by Gasteiger charge is 2.55. The first kappa shape index (κ1) is 15.6. The van der Waals surface area contributed by atoms with E-state index >= 15 is 0 Å². The first-order valence-electron chi connectivity index (χ1n) is 6.95. The van der Waals surface area contributed by atoms with E-state index in [1.807, 2.05) is 0 Å². The molecule has 0 saturated carbocycles. The second-order valence-electron chi connectivity index (χ2n) is 6.67. The van der Waals surface area contributed by atoms with E-state index in [1.165, 1.54) is 4.90 Å². The number of carbonyl (C=O) groups is 1. The topological polar surface area (TPSA) is 72.9 Å². The average molecular weight is 305 g/mol. The molecular formula is C13H23NO5S. The van der Waals surface area contributed by atoms with Gasteiger partial charge < -0.3 is 4.74 Å². The van der Waals surface area contributed by atoms with Crippen LogP contribution >= 0.6 is 0 Å². The van der Waals surface area contributed by atoms with Crippen LogP contribution in [0.25, 0.3) is 0 Å². The Morgan fingerprint density at radius 3 is 2.45 bits per heavy atom. The van der Waals surface area contributed by atoms with Gasteiger partial charge in [-0.15, -0.1) is 0 Å². The molecule has 0 spiro atoms. The van der Waals surface area contributed by atoms with Crippen LogP contribution in [0, 0.1) is 0 Å². The van der Waals surface area contributed by atoms with Gasteiger partial charge in [0.1, 0.15) is 5.60 Å². The highest BCUT2D eigenvalue weighted by molar-refractivity contribution is 7.86. The van der Waals surface area contributed by atoms with Crippen LogP contribution in [0.15, 0.2) is 0 Å². The van der Waals surface area contributed by atoms with E-state index in [2.05, 4.69) is 0 Å². The third-order valence-electron chi connectivity index (χ3n) is 3.67. The third-order valence-corrected chi connectivity index (χ3v) is 4.29. The lowest BCUT2D eigenvalue weighted by molar-refractivity contribution is -0.0934. The Kier molecular flexibility index (Phi) is 3.79. The Bertz CT molecular complexity index is 491. The van der Waals surface area contributed by atoms with Gasteiger partial charge in [-0.1, -0.05) is 0 Å². The van der Waals surface area contributed by atoms with E-state index in [9.17, 15) is 13.2 Å². The van der Waals surface area contributed by atoms with Crippen LogP contribution < -0.4 is 0 Å². The van der Waals surface area contributed by atoms with Gasteiger partial charge in [0, 0.05) is 6.04 Å². The summed E-state index contributed by atoms with van der Waals surface area (Å²) < 4.78 is 33.8. The van der Waals surface area contributed by atoms with Crippen molar-refractivity contribution in [1.29, 1.82) is 0 Å². The van der Waals surface area contributed by atoms with Crippen molar-refractivity contribution in [3.63, 3.8) is 0 Å². The van der Waals surface area contributed by atoms with Gasteiger partial charge in [0.2, 0.25) is 0 Å². The van der Waals surface area contributed by atoms with Crippen LogP contribution in [-0.2, 0) is 19.0 Å². The number of nitrogens with zero attached hydrogens (tertiary/aromatic N) is 1. The SMILES string of the molecule is CC(C)(C)OC(=O)N1C2CCCC1(OS(C)(=O)=O)CC2. The van der Waals surface area contributed by atoms with Crippen LogP contribution in [0.5, 0.6) is 0 Å². The molecule has 0 aromatic rings. The zero-order chi connectivity index (χ0) is 15.2. The van der Waals surface area contributed by atoms with Gasteiger partial charge in [-0.3, -0.25) is 4.90 Å². The molecular weight excluding hydrogens is 282 g/mol. The number of hydrogen-bond acceptors (Lipinski definition) is 5. The van der Waals surface area contributed by atoms with Crippen molar-refractivity contribution >= 4 is 16.2 Å². The minimum Gasteiger partial charge on any atom is -0.444 e. The molecule has 0 aliphatic carbocycles. The third kappa shape index (κ3) is 3.25. The van der Waals surface area contributed by atoms with Crippen molar-refractivity contribution in [2.75, 3.05) is 6.26 Å². The summed E-state index contributed by atoms with van der Waals surface area (Å²) in [7, 11) is -3.63. The largest absolute Gasteiger partial charge is 0.444 e. The first-order chi connectivity index (χ1) is 9.03. The fourth-order valence-corrected chi connectivity index (χ4v) is 3.95. The van der Waals surface area contributed by atoms with Gasteiger partial charge in [-0.25, -0.2) is 8.98 Å². The number of ether oxygens (including phenoxy) is 1. The summed E-state index contributed by atoms with van der Waals surface area (Å²) in [4.78, 5) is 13.9. The van der Waals surface area contributed by atoms with E-state index in [1.54, 1.807) is 20.8 Å². The monoisotopic (exact) mass is 305 g/mol. The summed E-state index contributed by atoms with van der Waals surface area (Å²) in [6.45, 7) is 5.38. The van der Waals surface area contributed by atoms with Crippen molar-refractivity contribution in [3.05, 3.63) is 0 Å². The molecule has 0 aromatic carbocycles. The molecule has 2 fully saturated rings. The molecule has 2 heterocycles. The van der Waals surface area contributed by atoms with Crippen LogP contribution in [-0.4, -0.2) is 43.0 Å². The molecule has 2 unspecified atom stereocenters. The Morgan fingerprint density at radius 2 is 1.90 bits per heavy atom. The zero-order valence-electron chi connectivity index (χ0n) is 12.5. The van der Waals surface area contributed by atoms with E-state index in [-0.39, 0.29) is 6.04 Å². The minimum atomic E-state index is -3.63. The molecule has 2 aliphatic heterocycles. The minimum absolute atomic E-state index is 0.0142. The maximum Gasteiger partial charge on any atom is 0.412 e. The lowest BCUT2D eigenvalue weighted by Crippen LogP contribution is -2.56. The summed E-state index contributed by atoms with van der Waals surface area (Å²) in [6, 6.07) is 0.0142. The van der Waals surface area contributed by atoms with Crippen LogP contribution in [0.3, 0.4) is 0 Å². The van der Waals surface area contributed by atoms with Crippen LogP contribution in [0.4, 0.5) is 4.79 Å². The number of amides is 1. The number of hydrogen-bond donors (Lipinski definition) is 0. The summed E-state index contributed by atoms with van der Waals surface area (Å²) in [5.74, 6) is 0. The molecule has 0 radical (unpaired) electrons. The standard InChI is InChI=1S/C13H23NO5S/c1-12(2,3)18-11(15)14-10-6-5-8-13(14,9-7-10)19-20(4,16)17/h10H,5-9H2,1-4H3. The van der Waals surface area contributed by atoms with Crippen molar-refractivity contribution in [2.24, 2.45) is 0 Å². The average Bonchev–Trinajstić information content (AvgIpc) is 2.41. The molecule has 2 rings (SSSR count). The van der Waals surface area contributed by atoms with Crippen molar-refractivity contribution < 1.29 is 22.1 Å². The predicted octanol–water partition coefficient (Wildman–Crippen LogP) is 2.24. The van der Waals surface area contributed by atoms with E-state index < -0.39 is 27.5 Å². The highest BCUT2D eigenvalue weighted by Crippen LogP contribution is 2.46. The van der Waals surface area contributed by atoms with Crippen molar-refractivity contribution in [3.8, 4) is 0 Å². The summed E-state index contributed by atoms with van der Waals surface area (Å²) in [6.07, 6.45) is 4.11. The smallest absolute Gasteiger partial charge is 0.412 e. The second kappa shape index (κ2) is 4.87. The van der Waals surface area contributed by atoms with Crippen molar-refractivity contribution in [2.45, 2.75) is 70.2 Å². The lowest BCUT2D eigenvalue weighted by Gasteiger charge is -2.43. The molecule has 2 atom stereocenters. The molecule has 2 aliphatic rings. The molecule has 2 saturated heterocycles. The highest BCUT2D eigenvalue weighted by atomic mass is 32.2. The van der Waals surface area contributed by atoms with Gasteiger partial charge in [0.05, 0.1) is 6.26 Å².